The molecule has 28 heavy (non-hydrogen) atoms. The largest absolute Gasteiger partial charge is 0.463 e. The molecular formula is C17H23BrO10. The summed E-state index contributed by atoms with van der Waals surface area (Å²) in [5, 5.41) is -0.953. The number of esters is 4. The molecule has 1 saturated heterocycles. The third-order valence-electron chi connectivity index (χ3n) is 3.58. The van der Waals surface area contributed by atoms with Gasteiger partial charge >= 0.3 is 23.9 Å². The van der Waals surface area contributed by atoms with Gasteiger partial charge in [0.1, 0.15) is 18.5 Å². The van der Waals surface area contributed by atoms with Crippen molar-refractivity contribution in [1.82, 2.24) is 0 Å². The van der Waals surface area contributed by atoms with Crippen LogP contribution in [0.5, 0.6) is 0 Å². The van der Waals surface area contributed by atoms with Crippen LogP contribution in [0.15, 0.2) is 0 Å². The highest BCUT2D eigenvalue weighted by Crippen LogP contribution is 2.32. The summed E-state index contributed by atoms with van der Waals surface area (Å²) in [6.45, 7) is 4.53. The summed E-state index contributed by atoms with van der Waals surface area (Å²) in [7, 11) is 0. The topological polar surface area (TPSA) is 132 Å². The number of carbonyl (C=O) groups is 5. The van der Waals surface area contributed by atoms with Crippen molar-refractivity contribution in [1.29, 1.82) is 0 Å². The molecule has 0 spiro atoms. The summed E-state index contributed by atoms with van der Waals surface area (Å²) in [6.07, 6.45) is -4.75. The van der Waals surface area contributed by atoms with E-state index in [1.807, 2.05) is 0 Å². The predicted molar refractivity (Wildman–Crippen MR) is 95.1 cm³/mol. The van der Waals surface area contributed by atoms with Crippen molar-refractivity contribution in [2.24, 2.45) is 0 Å². The minimum atomic E-state index is -1.22. The molecule has 1 heterocycles. The Morgan fingerprint density at radius 1 is 0.786 bits per heavy atom. The van der Waals surface area contributed by atoms with Crippen LogP contribution in [0.3, 0.4) is 0 Å². The summed E-state index contributed by atoms with van der Waals surface area (Å²) in [5.41, 5.74) is 0. The summed E-state index contributed by atoms with van der Waals surface area (Å²) < 4.78 is 26.3. The van der Waals surface area contributed by atoms with Crippen LogP contribution in [0.4, 0.5) is 0 Å². The van der Waals surface area contributed by atoms with E-state index in [9.17, 15) is 24.0 Å². The van der Waals surface area contributed by atoms with E-state index in [-0.39, 0.29) is 25.2 Å². The first-order valence-electron chi connectivity index (χ1n) is 8.47. The summed E-state index contributed by atoms with van der Waals surface area (Å²) in [5.74, 6) is -2.90. The Labute approximate surface area is 170 Å². The molecule has 0 aromatic heterocycles. The number of ether oxygens (including phenoxy) is 5. The lowest BCUT2D eigenvalue weighted by molar-refractivity contribution is -0.237. The molecule has 0 bridgehead atoms. The molecule has 0 N–H and O–H groups in total. The van der Waals surface area contributed by atoms with Gasteiger partial charge in [-0.25, -0.2) is 0 Å². The molecule has 1 aliphatic heterocycles. The van der Waals surface area contributed by atoms with Gasteiger partial charge in [-0.05, 0) is 6.92 Å². The molecule has 0 unspecified atom stereocenters. The van der Waals surface area contributed by atoms with Gasteiger partial charge < -0.3 is 28.5 Å². The van der Waals surface area contributed by atoms with Gasteiger partial charge in [0.2, 0.25) is 0 Å². The van der Waals surface area contributed by atoms with Crippen LogP contribution in [0.1, 0.15) is 40.5 Å². The minimum Gasteiger partial charge on any atom is -0.463 e. The molecule has 0 aromatic carbocycles. The highest BCUT2D eigenvalue weighted by molar-refractivity contribution is 9.09. The lowest BCUT2D eigenvalue weighted by atomic mass is 9.99. The van der Waals surface area contributed by atoms with Crippen molar-refractivity contribution >= 4 is 45.6 Å². The minimum absolute atomic E-state index is 0.0138. The van der Waals surface area contributed by atoms with Crippen LogP contribution in [0, 0.1) is 0 Å². The van der Waals surface area contributed by atoms with E-state index in [4.69, 9.17) is 23.7 Å². The second-order valence-electron chi connectivity index (χ2n) is 6.13. The van der Waals surface area contributed by atoms with Crippen molar-refractivity contribution in [3.63, 3.8) is 0 Å². The Hall–Kier alpha value is -2.01. The Balaban J connectivity index is 3.07. The van der Waals surface area contributed by atoms with Crippen molar-refractivity contribution in [3.8, 4) is 0 Å². The van der Waals surface area contributed by atoms with E-state index in [2.05, 4.69) is 15.9 Å². The fraction of sp³-hybridized carbons (Fsp3) is 0.706. The molecule has 0 aliphatic carbocycles. The Kier molecular flexibility index (Phi) is 9.53. The molecule has 1 rings (SSSR count). The zero-order chi connectivity index (χ0) is 21.4. The predicted octanol–water partition coefficient (Wildman–Crippen LogP) is 0.814. The quantitative estimate of drug-likeness (QED) is 0.287. The standard InChI is InChI=1S/C17H23BrO10/c1-8(19)5-6-13(23)28-16-15(26-11(4)22)14(25-10(3)21)12(27-17(16)18)7-24-9(2)20/h12,14-17H,5-7H2,1-4H3/t12-,14+,15+,16-,17+/m1/s1. The molecular weight excluding hydrogens is 444 g/mol. The second-order valence-corrected chi connectivity index (χ2v) is 7.04. The van der Waals surface area contributed by atoms with Crippen LogP contribution in [-0.2, 0) is 47.7 Å². The lowest BCUT2D eigenvalue weighted by Crippen LogP contribution is -2.61. The van der Waals surface area contributed by atoms with Crippen LogP contribution in [0.25, 0.3) is 0 Å². The maximum Gasteiger partial charge on any atom is 0.306 e. The van der Waals surface area contributed by atoms with E-state index < -0.39 is 53.3 Å². The van der Waals surface area contributed by atoms with Crippen molar-refractivity contribution in [2.75, 3.05) is 6.61 Å². The van der Waals surface area contributed by atoms with Gasteiger partial charge in [-0.15, -0.1) is 0 Å². The van der Waals surface area contributed by atoms with Gasteiger partial charge in [0.15, 0.2) is 23.3 Å². The average Bonchev–Trinajstić information content (AvgIpc) is 2.56. The summed E-state index contributed by atoms with van der Waals surface area (Å²) in [4.78, 5) is 57.3. The van der Waals surface area contributed by atoms with Crippen molar-refractivity contribution < 1.29 is 47.7 Å². The molecule has 1 fully saturated rings. The Morgan fingerprint density at radius 2 is 1.36 bits per heavy atom. The Morgan fingerprint density at radius 3 is 1.86 bits per heavy atom. The fourth-order valence-electron chi connectivity index (χ4n) is 2.47. The number of ketones is 1. The van der Waals surface area contributed by atoms with Gasteiger partial charge in [0.25, 0.3) is 0 Å². The number of Topliss-reactive ketones (excluding diaryl/α,β-unsaturated/α-hetero) is 1. The number of alkyl halides is 1. The molecule has 10 nitrogen and oxygen atoms in total. The van der Waals surface area contributed by atoms with Crippen molar-refractivity contribution in [2.45, 2.75) is 70.0 Å². The number of carbonyl (C=O) groups excluding carboxylic acids is 5. The van der Waals surface area contributed by atoms with Crippen LogP contribution < -0.4 is 0 Å². The maximum atomic E-state index is 12.0. The molecule has 0 radical (unpaired) electrons. The summed E-state index contributed by atoms with van der Waals surface area (Å²) >= 11 is 3.20. The second kappa shape index (κ2) is 11.1. The monoisotopic (exact) mass is 466 g/mol. The number of hydrogen-bond acceptors (Lipinski definition) is 10. The van der Waals surface area contributed by atoms with E-state index in [0.29, 0.717) is 0 Å². The molecule has 158 valence electrons. The highest BCUT2D eigenvalue weighted by atomic mass is 79.9. The maximum absolute atomic E-state index is 12.0. The Bertz CT molecular complexity index is 619. The molecule has 0 aromatic rings. The van der Waals surface area contributed by atoms with Gasteiger partial charge in [-0.1, -0.05) is 15.9 Å². The van der Waals surface area contributed by atoms with Gasteiger partial charge in [0.05, 0.1) is 6.42 Å². The average molecular weight is 467 g/mol. The van der Waals surface area contributed by atoms with Crippen molar-refractivity contribution in [3.05, 3.63) is 0 Å². The van der Waals surface area contributed by atoms with E-state index in [1.54, 1.807) is 0 Å². The first-order valence-corrected chi connectivity index (χ1v) is 9.39. The third-order valence-corrected chi connectivity index (χ3v) is 4.32. The first-order chi connectivity index (χ1) is 13.0. The van der Waals surface area contributed by atoms with Gasteiger partial charge in [-0.3, -0.25) is 19.2 Å². The molecule has 0 amide bonds. The zero-order valence-electron chi connectivity index (χ0n) is 16.0. The molecule has 11 heteroatoms. The SMILES string of the molecule is CC(=O)CCC(=O)O[C@@H]1[C@@H](OC(C)=O)[C@@H](OC(C)=O)[C@@H](COC(C)=O)O[C@@H]1Br. The van der Waals surface area contributed by atoms with Gasteiger partial charge in [0, 0.05) is 27.2 Å². The van der Waals surface area contributed by atoms with Gasteiger partial charge in [-0.2, -0.15) is 0 Å². The molecule has 0 saturated carbocycles. The number of rotatable bonds is 8. The highest BCUT2D eigenvalue weighted by Gasteiger charge is 2.51. The normalized spacial score (nSPS) is 26.7. The third kappa shape index (κ3) is 7.93. The molecule has 5 atom stereocenters. The zero-order valence-corrected chi connectivity index (χ0v) is 17.6. The summed E-state index contributed by atoms with van der Waals surface area (Å²) in [6, 6.07) is 0. The lowest BCUT2D eigenvalue weighted by Gasteiger charge is -2.42. The van der Waals surface area contributed by atoms with Crippen LogP contribution in [0.2, 0.25) is 0 Å². The van der Waals surface area contributed by atoms with Crippen LogP contribution in [-0.4, -0.2) is 65.7 Å². The van der Waals surface area contributed by atoms with Crippen LogP contribution >= 0.6 is 15.9 Å². The van der Waals surface area contributed by atoms with E-state index in [0.717, 1.165) is 13.8 Å². The molecule has 1 aliphatic rings. The fourth-order valence-corrected chi connectivity index (χ4v) is 3.16. The number of hydrogen-bond donors (Lipinski definition) is 0. The number of halogens is 1. The van der Waals surface area contributed by atoms with E-state index in [1.165, 1.54) is 13.8 Å². The van der Waals surface area contributed by atoms with E-state index >= 15 is 0 Å². The smallest absolute Gasteiger partial charge is 0.306 e. The first kappa shape index (κ1) is 24.0.